The molecule has 0 saturated carbocycles. The molecule has 0 bridgehead atoms. The van der Waals surface area contributed by atoms with Gasteiger partial charge in [-0.3, -0.25) is 24.4 Å². The van der Waals surface area contributed by atoms with Crippen LogP contribution in [0.15, 0.2) is 9.98 Å². The van der Waals surface area contributed by atoms with Gasteiger partial charge in [0.05, 0.1) is 5.71 Å². The number of ketones is 4. The lowest BCUT2D eigenvalue weighted by molar-refractivity contribution is -0.135. The van der Waals surface area contributed by atoms with Crippen molar-refractivity contribution < 1.29 is 23.9 Å². The maximum atomic E-state index is 11.5. The standard InChI is InChI=1S/C10H14N2O3.C7H14O.C3H6O.2C2H6/c1-6(13)9(12-4)8(5-11-3)10(15)7(2)14;1-2-7-3-5-8-6-4-7;1-3(2)4;2*1-2/h5,8H,1-4H3;7H,2-6H2,1H3;1-2H3;2*1-2H3. The number of rotatable bonds is 6. The molecule has 1 saturated heterocycles. The van der Waals surface area contributed by atoms with Gasteiger partial charge in [0.15, 0.2) is 11.6 Å². The van der Waals surface area contributed by atoms with Gasteiger partial charge >= 0.3 is 0 Å². The number of ether oxygens (including phenoxy) is 1. The second kappa shape index (κ2) is 26.0. The topological polar surface area (TPSA) is 102 Å². The molecule has 182 valence electrons. The molecule has 0 spiro atoms. The van der Waals surface area contributed by atoms with Crippen LogP contribution in [0.4, 0.5) is 0 Å². The Morgan fingerprint density at radius 1 is 0.903 bits per heavy atom. The van der Waals surface area contributed by atoms with Gasteiger partial charge in [0, 0.05) is 47.4 Å². The molecule has 0 N–H and O–H groups in total. The summed E-state index contributed by atoms with van der Waals surface area (Å²) in [6.07, 6.45) is 5.17. The summed E-state index contributed by atoms with van der Waals surface area (Å²) in [5.41, 5.74) is 0.0563. The molecule has 7 heteroatoms. The predicted octanol–water partition coefficient (Wildman–Crippen LogP) is 4.59. The van der Waals surface area contributed by atoms with Gasteiger partial charge in [-0.05, 0) is 32.6 Å². The number of carbonyl (C=O) groups is 4. The smallest absolute Gasteiger partial charge is 0.212 e. The van der Waals surface area contributed by atoms with Crippen LogP contribution in [-0.2, 0) is 23.9 Å². The van der Waals surface area contributed by atoms with Crippen molar-refractivity contribution in [2.75, 3.05) is 27.3 Å². The third-order valence-corrected chi connectivity index (χ3v) is 3.74. The predicted molar refractivity (Wildman–Crippen MR) is 131 cm³/mol. The van der Waals surface area contributed by atoms with Gasteiger partial charge in [0.25, 0.3) is 0 Å². The lowest BCUT2D eigenvalue weighted by atomic mass is 9.94. The molecule has 0 aromatic carbocycles. The van der Waals surface area contributed by atoms with Crippen molar-refractivity contribution in [3.8, 4) is 0 Å². The van der Waals surface area contributed by atoms with Gasteiger partial charge in [-0.15, -0.1) is 0 Å². The average Bonchev–Trinajstić information content (AvgIpc) is 2.76. The number of Topliss-reactive ketones (excluding diaryl/α,β-unsaturated/α-hetero) is 4. The van der Waals surface area contributed by atoms with E-state index in [4.69, 9.17) is 4.74 Å². The third kappa shape index (κ3) is 22.5. The molecule has 0 aliphatic carbocycles. The maximum Gasteiger partial charge on any atom is 0.212 e. The molecule has 1 aliphatic heterocycles. The molecule has 1 aliphatic rings. The van der Waals surface area contributed by atoms with Crippen LogP contribution < -0.4 is 0 Å². The first-order chi connectivity index (χ1) is 14.6. The summed E-state index contributed by atoms with van der Waals surface area (Å²) in [6.45, 7) is 17.8. The summed E-state index contributed by atoms with van der Waals surface area (Å²) >= 11 is 0. The van der Waals surface area contributed by atoms with Gasteiger partial charge in [-0.25, -0.2) is 0 Å². The van der Waals surface area contributed by atoms with Crippen LogP contribution in [-0.4, -0.2) is 62.4 Å². The highest BCUT2D eigenvalue weighted by Crippen LogP contribution is 2.16. The quantitative estimate of drug-likeness (QED) is 0.442. The zero-order chi connectivity index (χ0) is 25.4. The van der Waals surface area contributed by atoms with E-state index in [1.165, 1.54) is 60.3 Å². The molecule has 0 aromatic heterocycles. The van der Waals surface area contributed by atoms with E-state index in [-0.39, 0.29) is 17.3 Å². The second-order valence-electron chi connectivity index (χ2n) is 6.34. The zero-order valence-electron chi connectivity index (χ0n) is 21.7. The molecule has 1 heterocycles. The first-order valence-corrected chi connectivity index (χ1v) is 11.1. The summed E-state index contributed by atoms with van der Waals surface area (Å²) in [4.78, 5) is 50.4. The lowest BCUT2D eigenvalue weighted by Crippen LogP contribution is -2.34. The second-order valence-corrected chi connectivity index (χ2v) is 6.34. The van der Waals surface area contributed by atoms with Crippen LogP contribution in [0.25, 0.3) is 0 Å². The molecule has 1 rings (SSSR count). The molecule has 1 unspecified atom stereocenters. The van der Waals surface area contributed by atoms with E-state index >= 15 is 0 Å². The normalized spacial score (nSPS) is 14.1. The van der Waals surface area contributed by atoms with Crippen LogP contribution in [0.1, 0.15) is 81.6 Å². The summed E-state index contributed by atoms with van der Waals surface area (Å²) in [5.74, 6) is -1.44. The van der Waals surface area contributed by atoms with Crippen molar-refractivity contribution in [2.45, 2.75) is 81.6 Å². The highest BCUT2D eigenvalue weighted by Gasteiger charge is 2.27. The minimum atomic E-state index is -0.949. The number of aliphatic imine (C=N–C) groups is 2. The zero-order valence-corrected chi connectivity index (χ0v) is 21.7. The van der Waals surface area contributed by atoms with Crippen molar-refractivity contribution in [1.29, 1.82) is 0 Å². The highest BCUT2D eigenvalue weighted by atomic mass is 16.5. The third-order valence-electron chi connectivity index (χ3n) is 3.74. The summed E-state index contributed by atoms with van der Waals surface area (Å²) in [6, 6.07) is 0. The van der Waals surface area contributed by atoms with Crippen molar-refractivity contribution in [1.82, 2.24) is 0 Å². The van der Waals surface area contributed by atoms with E-state index in [0.717, 1.165) is 26.1 Å². The summed E-state index contributed by atoms with van der Waals surface area (Å²) < 4.78 is 5.20. The van der Waals surface area contributed by atoms with E-state index in [9.17, 15) is 19.2 Å². The van der Waals surface area contributed by atoms with Crippen LogP contribution in [0, 0.1) is 11.8 Å². The Balaban J connectivity index is -0.000000189. The molecule has 31 heavy (non-hydrogen) atoms. The number of hydrogen-bond acceptors (Lipinski definition) is 7. The minimum absolute atomic E-state index is 0.0563. The number of hydrogen-bond donors (Lipinski definition) is 0. The van der Waals surface area contributed by atoms with Crippen LogP contribution in [0.5, 0.6) is 0 Å². The van der Waals surface area contributed by atoms with Gasteiger partial charge in [-0.1, -0.05) is 41.0 Å². The Hall–Kier alpha value is -2.02. The van der Waals surface area contributed by atoms with E-state index in [2.05, 4.69) is 16.9 Å². The largest absolute Gasteiger partial charge is 0.381 e. The fraction of sp³-hybridized carbons (Fsp3) is 0.750. The molecule has 0 radical (unpaired) electrons. The molecule has 1 atom stereocenters. The average molecular weight is 443 g/mol. The van der Waals surface area contributed by atoms with E-state index in [1.807, 2.05) is 27.7 Å². The fourth-order valence-electron chi connectivity index (χ4n) is 2.30. The molecular weight excluding hydrogens is 396 g/mol. The van der Waals surface area contributed by atoms with Crippen molar-refractivity contribution in [2.24, 2.45) is 21.8 Å². The summed E-state index contributed by atoms with van der Waals surface area (Å²) in [7, 11) is 2.87. The van der Waals surface area contributed by atoms with E-state index in [1.54, 1.807) is 0 Å². The number of nitrogens with zero attached hydrogens (tertiary/aromatic N) is 2. The first-order valence-electron chi connectivity index (χ1n) is 11.1. The molecule has 0 aromatic rings. The Morgan fingerprint density at radius 3 is 1.55 bits per heavy atom. The first kappa shape index (κ1) is 36.4. The number of carbonyl (C=O) groups excluding carboxylic acids is 4. The Labute approximate surface area is 190 Å². The Kier molecular flexibility index (Phi) is 30.5. The summed E-state index contributed by atoms with van der Waals surface area (Å²) in [5, 5.41) is 0. The fourth-order valence-corrected chi connectivity index (χ4v) is 2.30. The monoisotopic (exact) mass is 442 g/mol. The van der Waals surface area contributed by atoms with Crippen LogP contribution >= 0.6 is 0 Å². The lowest BCUT2D eigenvalue weighted by Gasteiger charge is -2.19. The van der Waals surface area contributed by atoms with E-state index in [0.29, 0.717) is 0 Å². The Bertz CT molecular complexity index is 544. The Morgan fingerprint density at radius 2 is 1.32 bits per heavy atom. The van der Waals surface area contributed by atoms with Gasteiger partial charge in [0.2, 0.25) is 5.78 Å². The molecule has 0 amide bonds. The SMILES string of the molecule is CC.CC.CC(C)=O.CCC1CCOCC1.CN=CC(C(=O)C(C)=O)C(=NC)C(C)=O. The minimum Gasteiger partial charge on any atom is -0.381 e. The maximum absolute atomic E-state index is 11.5. The molecular formula is C24H46N2O5. The van der Waals surface area contributed by atoms with Gasteiger partial charge in [0.1, 0.15) is 11.7 Å². The van der Waals surface area contributed by atoms with Crippen LogP contribution in [0.2, 0.25) is 0 Å². The van der Waals surface area contributed by atoms with E-state index < -0.39 is 17.5 Å². The van der Waals surface area contributed by atoms with Crippen molar-refractivity contribution in [3.05, 3.63) is 0 Å². The van der Waals surface area contributed by atoms with Crippen molar-refractivity contribution >= 4 is 35.1 Å². The van der Waals surface area contributed by atoms with Crippen molar-refractivity contribution in [3.63, 3.8) is 0 Å². The molecule has 7 nitrogen and oxygen atoms in total. The van der Waals surface area contributed by atoms with Gasteiger partial charge in [-0.2, -0.15) is 0 Å². The highest BCUT2D eigenvalue weighted by molar-refractivity contribution is 6.54. The van der Waals surface area contributed by atoms with Gasteiger partial charge < -0.3 is 9.53 Å². The molecule has 1 fully saturated rings. The van der Waals surface area contributed by atoms with Crippen LogP contribution in [0.3, 0.4) is 0 Å².